The summed E-state index contributed by atoms with van der Waals surface area (Å²) in [5.74, 6) is 0. The Morgan fingerprint density at radius 3 is 2.50 bits per heavy atom. The topological polar surface area (TPSA) is 91.4 Å². The normalized spacial score (nSPS) is 36.6. The van der Waals surface area contributed by atoms with Crippen LogP contribution in [0, 0.1) is 0 Å². The second kappa shape index (κ2) is 7.65. The van der Waals surface area contributed by atoms with Crippen LogP contribution >= 0.6 is 0 Å². The van der Waals surface area contributed by atoms with E-state index in [4.69, 9.17) is 15.2 Å². The van der Waals surface area contributed by atoms with E-state index in [1.807, 2.05) is 0 Å². The summed E-state index contributed by atoms with van der Waals surface area (Å²) in [4.78, 5) is 4.59. The van der Waals surface area contributed by atoms with Gasteiger partial charge in [0.05, 0.1) is 25.4 Å². The first kappa shape index (κ1) is 16.1. The SMILES string of the molecule is COCCN1CCN(C2C(CN)OC(CO)C2O)CC1. The van der Waals surface area contributed by atoms with Crippen LogP contribution < -0.4 is 5.73 Å². The molecule has 2 fully saturated rings. The second-order valence-electron chi connectivity index (χ2n) is 5.48. The van der Waals surface area contributed by atoms with Crippen molar-refractivity contribution in [3.05, 3.63) is 0 Å². The lowest BCUT2D eigenvalue weighted by Gasteiger charge is -2.40. The van der Waals surface area contributed by atoms with Crippen LogP contribution in [0.1, 0.15) is 0 Å². The summed E-state index contributed by atoms with van der Waals surface area (Å²) in [6.07, 6.45) is -1.38. The largest absolute Gasteiger partial charge is 0.394 e. The lowest BCUT2D eigenvalue weighted by atomic mass is 10.0. The molecule has 7 heteroatoms. The maximum Gasteiger partial charge on any atom is 0.109 e. The van der Waals surface area contributed by atoms with E-state index in [2.05, 4.69) is 9.80 Å². The minimum absolute atomic E-state index is 0.110. The van der Waals surface area contributed by atoms with E-state index >= 15 is 0 Å². The molecule has 20 heavy (non-hydrogen) atoms. The van der Waals surface area contributed by atoms with E-state index in [-0.39, 0.29) is 18.8 Å². The zero-order valence-corrected chi connectivity index (χ0v) is 12.1. The maximum atomic E-state index is 10.3. The van der Waals surface area contributed by atoms with E-state index in [9.17, 15) is 10.2 Å². The molecule has 118 valence electrons. The Labute approximate surface area is 120 Å². The van der Waals surface area contributed by atoms with Crippen molar-refractivity contribution in [1.82, 2.24) is 9.80 Å². The monoisotopic (exact) mass is 289 g/mol. The lowest BCUT2D eigenvalue weighted by Crippen LogP contribution is -2.57. The van der Waals surface area contributed by atoms with Crippen LogP contribution in [0.5, 0.6) is 0 Å². The molecule has 0 amide bonds. The molecule has 4 N–H and O–H groups in total. The van der Waals surface area contributed by atoms with E-state index in [1.165, 1.54) is 0 Å². The zero-order valence-electron chi connectivity index (χ0n) is 12.1. The summed E-state index contributed by atoms with van der Waals surface area (Å²) in [6.45, 7) is 5.54. The summed E-state index contributed by atoms with van der Waals surface area (Å²) < 4.78 is 10.7. The Morgan fingerprint density at radius 2 is 1.95 bits per heavy atom. The average Bonchev–Trinajstić information content (AvgIpc) is 2.81. The van der Waals surface area contributed by atoms with Crippen molar-refractivity contribution >= 4 is 0 Å². The molecule has 0 radical (unpaired) electrons. The third kappa shape index (κ3) is 3.48. The highest BCUT2D eigenvalue weighted by Crippen LogP contribution is 2.26. The molecule has 2 aliphatic rings. The minimum atomic E-state index is -0.668. The van der Waals surface area contributed by atoms with Crippen LogP contribution in [-0.4, -0.2) is 104 Å². The van der Waals surface area contributed by atoms with Crippen molar-refractivity contribution in [2.75, 3.05) is 59.6 Å². The Balaban J connectivity index is 1.88. The van der Waals surface area contributed by atoms with Crippen LogP contribution in [0.15, 0.2) is 0 Å². The molecule has 0 saturated carbocycles. The first-order valence-electron chi connectivity index (χ1n) is 7.31. The van der Waals surface area contributed by atoms with Gasteiger partial charge in [-0.3, -0.25) is 9.80 Å². The number of hydrogen-bond acceptors (Lipinski definition) is 7. The molecule has 2 heterocycles. The predicted molar refractivity (Wildman–Crippen MR) is 74.5 cm³/mol. The van der Waals surface area contributed by atoms with Crippen molar-refractivity contribution in [3.8, 4) is 0 Å². The van der Waals surface area contributed by atoms with Crippen molar-refractivity contribution in [1.29, 1.82) is 0 Å². The van der Waals surface area contributed by atoms with Gasteiger partial charge < -0.3 is 25.4 Å². The number of nitrogens with zero attached hydrogens (tertiary/aromatic N) is 2. The Kier molecular flexibility index (Phi) is 6.16. The van der Waals surface area contributed by atoms with Crippen molar-refractivity contribution in [2.24, 2.45) is 5.73 Å². The zero-order chi connectivity index (χ0) is 14.5. The molecular weight excluding hydrogens is 262 g/mol. The second-order valence-corrected chi connectivity index (χ2v) is 5.48. The molecule has 7 nitrogen and oxygen atoms in total. The van der Waals surface area contributed by atoms with Gasteiger partial charge in [0.25, 0.3) is 0 Å². The van der Waals surface area contributed by atoms with Crippen molar-refractivity contribution < 1.29 is 19.7 Å². The molecule has 2 aliphatic heterocycles. The third-order valence-corrected chi connectivity index (χ3v) is 4.31. The van der Waals surface area contributed by atoms with Gasteiger partial charge in [0.2, 0.25) is 0 Å². The first-order valence-corrected chi connectivity index (χ1v) is 7.31. The highest BCUT2D eigenvalue weighted by molar-refractivity contribution is 4.98. The molecule has 2 rings (SSSR count). The van der Waals surface area contributed by atoms with Crippen LogP contribution in [0.3, 0.4) is 0 Å². The number of methoxy groups -OCH3 is 1. The van der Waals surface area contributed by atoms with Gasteiger partial charge >= 0.3 is 0 Å². The third-order valence-electron chi connectivity index (χ3n) is 4.31. The van der Waals surface area contributed by atoms with Gasteiger partial charge in [-0.1, -0.05) is 0 Å². The van der Waals surface area contributed by atoms with E-state index < -0.39 is 12.2 Å². The molecular formula is C13H27N3O4. The summed E-state index contributed by atoms with van der Waals surface area (Å²) in [6, 6.07) is -0.110. The van der Waals surface area contributed by atoms with E-state index in [1.54, 1.807) is 7.11 Å². The lowest BCUT2D eigenvalue weighted by molar-refractivity contribution is -0.0193. The van der Waals surface area contributed by atoms with Gasteiger partial charge in [-0.05, 0) is 0 Å². The van der Waals surface area contributed by atoms with Gasteiger partial charge in [0.1, 0.15) is 12.2 Å². The number of hydrogen-bond donors (Lipinski definition) is 3. The van der Waals surface area contributed by atoms with E-state index in [0.29, 0.717) is 6.54 Å². The summed E-state index contributed by atoms with van der Waals surface area (Å²) in [5, 5.41) is 19.5. The average molecular weight is 289 g/mol. The Morgan fingerprint density at radius 1 is 1.25 bits per heavy atom. The quantitative estimate of drug-likeness (QED) is 0.506. The first-order chi connectivity index (χ1) is 9.71. The Hall–Kier alpha value is -0.280. The summed E-state index contributed by atoms with van der Waals surface area (Å²) in [7, 11) is 1.71. The van der Waals surface area contributed by atoms with Gasteiger partial charge in [0, 0.05) is 46.4 Å². The molecule has 0 aromatic carbocycles. The van der Waals surface area contributed by atoms with Crippen LogP contribution in [0.2, 0.25) is 0 Å². The van der Waals surface area contributed by atoms with E-state index in [0.717, 1.165) is 39.3 Å². The predicted octanol–water partition coefficient (Wildman–Crippen LogP) is -2.30. The van der Waals surface area contributed by atoms with Crippen LogP contribution in [0.25, 0.3) is 0 Å². The Bertz CT molecular complexity index is 285. The fourth-order valence-electron chi connectivity index (χ4n) is 3.13. The molecule has 4 atom stereocenters. The van der Waals surface area contributed by atoms with Crippen molar-refractivity contribution in [3.63, 3.8) is 0 Å². The van der Waals surface area contributed by atoms with Gasteiger partial charge in [-0.2, -0.15) is 0 Å². The van der Waals surface area contributed by atoms with Crippen LogP contribution in [0.4, 0.5) is 0 Å². The molecule has 0 aromatic heterocycles. The highest BCUT2D eigenvalue weighted by atomic mass is 16.5. The van der Waals surface area contributed by atoms with Gasteiger partial charge in [-0.25, -0.2) is 0 Å². The summed E-state index contributed by atoms with van der Waals surface area (Å²) >= 11 is 0. The molecule has 2 saturated heterocycles. The number of piperazine rings is 1. The molecule has 0 bridgehead atoms. The molecule has 0 spiro atoms. The molecule has 0 aliphatic carbocycles. The maximum absolute atomic E-state index is 10.3. The van der Waals surface area contributed by atoms with Gasteiger partial charge in [-0.15, -0.1) is 0 Å². The van der Waals surface area contributed by atoms with Crippen molar-refractivity contribution in [2.45, 2.75) is 24.4 Å². The highest BCUT2D eigenvalue weighted by Gasteiger charge is 2.46. The number of aliphatic hydroxyl groups is 2. The van der Waals surface area contributed by atoms with Gasteiger partial charge in [0.15, 0.2) is 0 Å². The number of rotatable bonds is 6. The number of ether oxygens (including phenoxy) is 2. The fraction of sp³-hybridized carbons (Fsp3) is 1.00. The number of nitrogens with two attached hydrogens (primary N) is 1. The number of aliphatic hydroxyl groups excluding tert-OH is 2. The minimum Gasteiger partial charge on any atom is -0.394 e. The molecule has 4 unspecified atom stereocenters. The van der Waals surface area contributed by atoms with Crippen LogP contribution in [-0.2, 0) is 9.47 Å². The summed E-state index contributed by atoms with van der Waals surface area (Å²) in [5.41, 5.74) is 5.73. The smallest absolute Gasteiger partial charge is 0.109 e. The standard InChI is InChI=1S/C13H27N3O4/c1-19-7-6-15-2-4-16(5-3-15)12-10(8-14)20-11(9-17)13(12)18/h10-13,17-18H,2-9,14H2,1H3. The fourth-order valence-corrected chi connectivity index (χ4v) is 3.13. The molecule has 0 aromatic rings.